The van der Waals surface area contributed by atoms with E-state index in [1.807, 2.05) is 0 Å². The minimum absolute atomic E-state index is 0. The molecule has 2 aromatic rings. The van der Waals surface area contributed by atoms with Crippen LogP contribution < -0.4 is 5.32 Å². The third-order valence-corrected chi connectivity index (χ3v) is 4.54. The molecule has 1 fully saturated rings. The van der Waals surface area contributed by atoms with Crippen molar-refractivity contribution >= 4 is 18.3 Å². The summed E-state index contributed by atoms with van der Waals surface area (Å²) in [6.07, 6.45) is 4.67. The number of carbonyl (C=O) groups excluding carboxylic acids is 1. The molecule has 1 aliphatic heterocycles. The minimum atomic E-state index is -0.764. The van der Waals surface area contributed by atoms with E-state index in [0.29, 0.717) is 25.9 Å². The zero-order chi connectivity index (χ0) is 17.2. The highest BCUT2D eigenvalue weighted by atomic mass is 35.5. The van der Waals surface area contributed by atoms with Crippen molar-refractivity contribution in [1.82, 2.24) is 20.0 Å². The van der Waals surface area contributed by atoms with Crippen LogP contribution in [0.4, 0.5) is 8.78 Å². The van der Waals surface area contributed by atoms with Crippen LogP contribution in [0.2, 0.25) is 0 Å². The monoisotopic (exact) mass is 370 g/mol. The van der Waals surface area contributed by atoms with Crippen LogP contribution in [-0.2, 0) is 16.9 Å². The molecule has 0 spiro atoms. The number of nitrogens with one attached hydrogen (secondary N) is 1. The summed E-state index contributed by atoms with van der Waals surface area (Å²) in [7, 11) is 1.64. The van der Waals surface area contributed by atoms with Gasteiger partial charge in [0.2, 0.25) is 0 Å². The highest BCUT2D eigenvalue weighted by molar-refractivity contribution is 5.85. The van der Waals surface area contributed by atoms with E-state index in [4.69, 9.17) is 0 Å². The SMILES string of the molecule is CN(Cc1ccc(F)cc1F)C(=O)C1(n2cccn2)CCNCC1.Cl. The van der Waals surface area contributed by atoms with Gasteiger partial charge in [-0.05, 0) is 38.1 Å². The van der Waals surface area contributed by atoms with Gasteiger partial charge in [0, 0.05) is 37.6 Å². The maximum absolute atomic E-state index is 13.9. The molecule has 0 saturated carbocycles. The molecule has 1 aliphatic rings. The summed E-state index contributed by atoms with van der Waals surface area (Å²) in [6, 6.07) is 5.19. The summed E-state index contributed by atoms with van der Waals surface area (Å²) in [5, 5.41) is 7.52. The van der Waals surface area contributed by atoms with Gasteiger partial charge in [-0.1, -0.05) is 6.07 Å². The Bertz CT molecular complexity index is 717. The lowest BCUT2D eigenvalue weighted by Gasteiger charge is -2.39. The van der Waals surface area contributed by atoms with Gasteiger partial charge in [0.25, 0.3) is 5.91 Å². The zero-order valence-electron chi connectivity index (χ0n) is 13.9. The molecule has 5 nitrogen and oxygen atoms in total. The Morgan fingerprint density at radius 1 is 1.36 bits per heavy atom. The molecular weight excluding hydrogens is 350 g/mol. The number of nitrogens with zero attached hydrogens (tertiary/aromatic N) is 3. The van der Waals surface area contributed by atoms with Gasteiger partial charge in [0.15, 0.2) is 0 Å². The van der Waals surface area contributed by atoms with Gasteiger partial charge in [-0.3, -0.25) is 9.48 Å². The van der Waals surface area contributed by atoms with Crippen LogP contribution in [0, 0.1) is 11.6 Å². The highest BCUT2D eigenvalue weighted by Gasteiger charge is 2.43. The van der Waals surface area contributed by atoms with Gasteiger partial charge in [-0.25, -0.2) is 8.78 Å². The fourth-order valence-electron chi connectivity index (χ4n) is 3.24. The summed E-state index contributed by atoms with van der Waals surface area (Å²) in [5.41, 5.74) is -0.475. The molecule has 0 aliphatic carbocycles. The van der Waals surface area contributed by atoms with E-state index in [1.165, 1.54) is 17.0 Å². The van der Waals surface area contributed by atoms with E-state index in [1.54, 1.807) is 30.2 Å². The maximum Gasteiger partial charge on any atom is 0.250 e. The van der Waals surface area contributed by atoms with E-state index in [9.17, 15) is 13.6 Å². The van der Waals surface area contributed by atoms with Crippen LogP contribution in [-0.4, -0.2) is 40.7 Å². The molecule has 1 aromatic carbocycles. The van der Waals surface area contributed by atoms with Gasteiger partial charge >= 0.3 is 0 Å². The average molecular weight is 371 g/mol. The Kier molecular flexibility index (Phi) is 6.13. The normalized spacial score (nSPS) is 16.1. The smallest absolute Gasteiger partial charge is 0.250 e. The molecule has 2 heterocycles. The number of rotatable bonds is 4. The second kappa shape index (κ2) is 7.93. The third-order valence-electron chi connectivity index (χ3n) is 4.54. The van der Waals surface area contributed by atoms with Gasteiger partial charge in [-0.2, -0.15) is 5.10 Å². The predicted octanol–water partition coefficient (Wildman–Crippen LogP) is 2.32. The van der Waals surface area contributed by atoms with Gasteiger partial charge < -0.3 is 10.2 Å². The minimum Gasteiger partial charge on any atom is -0.339 e. The van der Waals surface area contributed by atoms with E-state index in [2.05, 4.69) is 10.4 Å². The summed E-state index contributed by atoms with van der Waals surface area (Å²) in [5.74, 6) is -1.39. The Hall–Kier alpha value is -1.99. The van der Waals surface area contributed by atoms with Crippen LogP contribution >= 0.6 is 12.4 Å². The van der Waals surface area contributed by atoms with Crippen molar-refractivity contribution in [3.63, 3.8) is 0 Å². The van der Waals surface area contributed by atoms with Gasteiger partial charge in [0.05, 0.1) is 0 Å². The van der Waals surface area contributed by atoms with E-state index in [0.717, 1.165) is 6.07 Å². The van der Waals surface area contributed by atoms with Crippen molar-refractivity contribution < 1.29 is 13.6 Å². The lowest BCUT2D eigenvalue weighted by Crippen LogP contribution is -2.54. The first-order chi connectivity index (χ1) is 11.5. The number of aromatic nitrogens is 2. The van der Waals surface area contributed by atoms with E-state index < -0.39 is 17.2 Å². The maximum atomic E-state index is 13.9. The molecule has 1 N–H and O–H groups in total. The number of carbonyl (C=O) groups is 1. The van der Waals surface area contributed by atoms with Crippen LogP contribution in [0.3, 0.4) is 0 Å². The molecule has 0 atom stereocenters. The standard InChI is InChI=1S/C17H20F2N4O.ClH/c1-22(12-13-3-4-14(18)11-15(13)19)16(24)17(5-8-20-9-6-17)23-10-2-7-21-23;/h2-4,7,10-11,20H,5-6,8-9,12H2,1H3;1H. The Balaban J connectivity index is 0.00000225. The number of halogens is 3. The molecule has 1 amide bonds. The molecule has 25 heavy (non-hydrogen) atoms. The first-order valence-corrected chi connectivity index (χ1v) is 7.93. The van der Waals surface area contributed by atoms with Crippen LogP contribution in [0.5, 0.6) is 0 Å². The molecule has 8 heteroatoms. The van der Waals surface area contributed by atoms with Gasteiger partial charge in [0.1, 0.15) is 17.2 Å². The third kappa shape index (κ3) is 3.82. The topological polar surface area (TPSA) is 50.2 Å². The number of hydrogen-bond donors (Lipinski definition) is 1. The zero-order valence-corrected chi connectivity index (χ0v) is 14.7. The Labute approximate surface area is 151 Å². The number of benzene rings is 1. The van der Waals surface area contributed by atoms with Crippen LogP contribution in [0.15, 0.2) is 36.7 Å². The fourth-order valence-corrected chi connectivity index (χ4v) is 3.24. The highest BCUT2D eigenvalue weighted by Crippen LogP contribution is 2.29. The van der Waals surface area contributed by atoms with Crippen molar-refractivity contribution in [1.29, 1.82) is 0 Å². The number of amides is 1. The van der Waals surface area contributed by atoms with E-state index in [-0.39, 0.29) is 30.4 Å². The van der Waals surface area contributed by atoms with Crippen molar-refractivity contribution in [2.45, 2.75) is 24.9 Å². The molecule has 1 aromatic heterocycles. The quantitative estimate of drug-likeness (QED) is 0.898. The molecule has 0 bridgehead atoms. The second-order valence-corrected chi connectivity index (χ2v) is 6.13. The number of likely N-dealkylation sites (N-methyl/N-ethyl adjacent to an activating group) is 1. The number of piperidine rings is 1. The Morgan fingerprint density at radius 3 is 2.68 bits per heavy atom. The lowest BCUT2D eigenvalue weighted by atomic mass is 9.86. The fraction of sp³-hybridized carbons (Fsp3) is 0.412. The predicted molar refractivity (Wildman–Crippen MR) is 92.4 cm³/mol. The largest absolute Gasteiger partial charge is 0.339 e. The van der Waals surface area contributed by atoms with Crippen molar-refractivity contribution in [3.8, 4) is 0 Å². The average Bonchev–Trinajstić information content (AvgIpc) is 3.12. The van der Waals surface area contributed by atoms with Crippen molar-refractivity contribution in [3.05, 3.63) is 53.9 Å². The molecule has 0 radical (unpaired) electrons. The lowest BCUT2D eigenvalue weighted by molar-refractivity contribution is -0.142. The summed E-state index contributed by atoms with van der Waals surface area (Å²) >= 11 is 0. The molecule has 1 saturated heterocycles. The summed E-state index contributed by atoms with van der Waals surface area (Å²) in [6.45, 7) is 1.51. The number of hydrogen-bond acceptors (Lipinski definition) is 3. The van der Waals surface area contributed by atoms with Crippen LogP contribution in [0.1, 0.15) is 18.4 Å². The molecule has 0 unspecified atom stereocenters. The first kappa shape index (κ1) is 19.3. The molecule has 136 valence electrons. The molecule has 3 rings (SSSR count). The molecular formula is C17H21ClF2N4O. The summed E-state index contributed by atoms with van der Waals surface area (Å²) < 4.78 is 28.6. The van der Waals surface area contributed by atoms with Gasteiger partial charge in [-0.15, -0.1) is 12.4 Å². The van der Waals surface area contributed by atoms with E-state index >= 15 is 0 Å². The Morgan fingerprint density at radius 2 is 2.08 bits per heavy atom. The summed E-state index contributed by atoms with van der Waals surface area (Å²) in [4.78, 5) is 14.6. The van der Waals surface area contributed by atoms with Crippen molar-refractivity contribution in [2.75, 3.05) is 20.1 Å². The first-order valence-electron chi connectivity index (χ1n) is 7.93. The second-order valence-electron chi connectivity index (χ2n) is 6.13. The van der Waals surface area contributed by atoms with Crippen molar-refractivity contribution in [2.24, 2.45) is 0 Å². The van der Waals surface area contributed by atoms with Crippen LogP contribution in [0.25, 0.3) is 0 Å².